The van der Waals surface area contributed by atoms with E-state index >= 15 is 0 Å². The van der Waals surface area contributed by atoms with Gasteiger partial charge in [-0.2, -0.15) is 0 Å². The van der Waals surface area contributed by atoms with E-state index in [1.165, 1.54) is 11.1 Å². The van der Waals surface area contributed by atoms with Gasteiger partial charge in [0.1, 0.15) is 11.6 Å². The summed E-state index contributed by atoms with van der Waals surface area (Å²) in [5, 5.41) is 6.18. The molecule has 1 aromatic heterocycles. The lowest BCUT2D eigenvalue weighted by Gasteiger charge is -2.10. The maximum atomic E-state index is 12.3. The van der Waals surface area contributed by atoms with Crippen molar-refractivity contribution in [2.45, 2.75) is 20.0 Å². The van der Waals surface area contributed by atoms with E-state index in [0.29, 0.717) is 18.7 Å². The van der Waals surface area contributed by atoms with E-state index in [1.54, 1.807) is 19.4 Å². The Morgan fingerprint density at radius 1 is 0.963 bits per heavy atom. The number of rotatable bonds is 7. The van der Waals surface area contributed by atoms with Gasteiger partial charge in [-0.25, -0.2) is 4.98 Å². The van der Waals surface area contributed by atoms with Crippen molar-refractivity contribution in [3.8, 4) is 5.75 Å². The van der Waals surface area contributed by atoms with Crippen molar-refractivity contribution in [1.82, 2.24) is 10.3 Å². The third-order valence-corrected chi connectivity index (χ3v) is 4.38. The zero-order valence-corrected chi connectivity index (χ0v) is 15.5. The highest BCUT2D eigenvalue weighted by atomic mass is 16.5. The van der Waals surface area contributed by atoms with Gasteiger partial charge in [0, 0.05) is 24.8 Å². The number of nitrogens with one attached hydrogen (secondary N) is 2. The van der Waals surface area contributed by atoms with Crippen molar-refractivity contribution in [3.05, 3.63) is 89.1 Å². The first-order chi connectivity index (χ1) is 13.2. The van der Waals surface area contributed by atoms with Crippen LogP contribution in [0.4, 0.5) is 5.82 Å². The van der Waals surface area contributed by atoms with E-state index in [-0.39, 0.29) is 5.91 Å². The van der Waals surface area contributed by atoms with Crippen LogP contribution in [0.25, 0.3) is 0 Å². The van der Waals surface area contributed by atoms with Crippen LogP contribution in [-0.4, -0.2) is 18.0 Å². The van der Waals surface area contributed by atoms with Crippen molar-refractivity contribution >= 4 is 11.7 Å². The molecule has 5 nitrogen and oxygen atoms in total. The summed E-state index contributed by atoms with van der Waals surface area (Å²) in [6.07, 6.45) is 1.58. The van der Waals surface area contributed by atoms with Crippen LogP contribution in [0, 0.1) is 6.92 Å². The van der Waals surface area contributed by atoms with E-state index in [1.807, 2.05) is 42.5 Å². The van der Waals surface area contributed by atoms with Crippen LogP contribution in [-0.2, 0) is 13.1 Å². The molecule has 0 atom stereocenters. The lowest BCUT2D eigenvalue weighted by molar-refractivity contribution is 0.0950. The lowest BCUT2D eigenvalue weighted by Crippen LogP contribution is -2.23. The molecule has 5 heteroatoms. The standard InChI is InChI=1S/C22H23N3O2/c1-16-7-3-4-8-17(16)13-23-21-12-11-19(15-24-21)22(26)25-14-18-9-5-6-10-20(18)27-2/h3-12,15H,13-14H2,1-2H3,(H,23,24)(H,25,26). The van der Waals surface area contributed by atoms with Crippen LogP contribution < -0.4 is 15.4 Å². The van der Waals surface area contributed by atoms with Crippen molar-refractivity contribution in [1.29, 1.82) is 0 Å². The Labute approximate surface area is 159 Å². The van der Waals surface area contributed by atoms with E-state index < -0.39 is 0 Å². The summed E-state index contributed by atoms with van der Waals surface area (Å²) >= 11 is 0. The minimum atomic E-state index is -0.168. The zero-order chi connectivity index (χ0) is 19.1. The van der Waals surface area contributed by atoms with Gasteiger partial charge in [-0.1, -0.05) is 42.5 Å². The maximum absolute atomic E-state index is 12.3. The second-order valence-corrected chi connectivity index (χ2v) is 6.21. The number of carbonyl (C=O) groups excluding carboxylic acids is 1. The summed E-state index contributed by atoms with van der Waals surface area (Å²) in [6, 6.07) is 19.4. The molecule has 3 rings (SSSR count). The molecular weight excluding hydrogens is 338 g/mol. The van der Waals surface area contributed by atoms with Gasteiger partial charge in [-0.05, 0) is 36.2 Å². The van der Waals surface area contributed by atoms with Crippen molar-refractivity contribution in [2.24, 2.45) is 0 Å². The fraction of sp³-hybridized carbons (Fsp3) is 0.182. The van der Waals surface area contributed by atoms with Gasteiger partial charge in [0.15, 0.2) is 0 Å². The molecule has 1 amide bonds. The van der Waals surface area contributed by atoms with Crippen LogP contribution in [0.1, 0.15) is 27.0 Å². The Morgan fingerprint density at radius 2 is 1.70 bits per heavy atom. The highest BCUT2D eigenvalue weighted by Gasteiger charge is 2.08. The first-order valence-corrected chi connectivity index (χ1v) is 8.82. The molecule has 0 fully saturated rings. The summed E-state index contributed by atoms with van der Waals surface area (Å²) in [4.78, 5) is 16.7. The fourth-order valence-electron chi connectivity index (χ4n) is 2.75. The average Bonchev–Trinajstić information content (AvgIpc) is 2.72. The van der Waals surface area contributed by atoms with E-state index in [4.69, 9.17) is 4.74 Å². The number of carbonyl (C=O) groups is 1. The number of nitrogens with zero attached hydrogens (tertiary/aromatic N) is 1. The molecule has 27 heavy (non-hydrogen) atoms. The second kappa shape index (κ2) is 8.85. The molecule has 0 bridgehead atoms. The van der Waals surface area contributed by atoms with Crippen LogP contribution in [0.15, 0.2) is 66.9 Å². The largest absolute Gasteiger partial charge is 0.496 e. The predicted molar refractivity (Wildman–Crippen MR) is 107 cm³/mol. The van der Waals surface area contributed by atoms with Crippen molar-refractivity contribution in [2.75, 3.05) is 12.4 Å². The number of ether oxygens (including phenoxy) is 1. The number of hydrogen-bond donors (Lipinski definition) is 2. The zero-order valence-electron chi connectivity index (χ0n) is 15.5. The van der Waals surface area contributed by atoms with E-state index in [9.17, 15) is 4.79 Å². The van der Waals surface area contributed by atoms with Crippen LogP contribution in [0.5, 0.6) is 5.75 Å². The quantitative estimate of drug-likeness (QED) is 0.669. The molecule has 2 N–H and O–H groups in total. The minimum absolute atomic E-state index is 0.168. The van der Waals surface area contributed by atoms with Crippen LogP contribution in [0.2, 0.25) is 0 Å². The molecule has 0 spiro atoms. The molecule has 138 valence electrons. The number of hydrogen-bond acceptors (Lipinski definition) is 4. The van der Waals surface area contributed by atoms with E-state index in [2.05, 4.69) is 34.7 Å². The Hall–Kier alpha value is -3.34. The number of aromatic nitrogens is 1. The summed E-state index contributed by atoms with van der Waals surface area (Å²) in [5.74, 6) is 1.32. The minimum Gasteiger partial charge on any atom is -0.496 e. The SMILES string of the molecule is COc1ccccc1CNC(=O)c1ccc(NCc2ccccc2C)nc1. The molecule has 3 aromatic rings. The number of amides is 1. The number of anilines is 1. The summed E-state index contributed by atoms with van der Waals surface area (Å²) < 4.78 is 5.30. The molecule has 0 aliphatic rings. The molecule has 0 aliphatic carbocycles. The fourth-order valence-corrected chi connectivity index (χ4v) is 2.75. The van der Waals surface area contributed by atoms with Gasteiger partial charge >= 0.3 is 0 Å². The Balaban J connectivity index is 1.56. The first-order valence-electron chi connectivity index (χ1n) is 8.82. The molecule has 0 saturated heterocycles. The molecular formula is C22H23N3O2. The van der Waals surface area contributed by atoms with Crippen LogP contribution in [0.3, 0.4) is 0 Å². The Bertz CT molecular complexity index is 907. The number of para-hydroxylation sites is 1. The van der Waals surface area contributed by atoms with Crippen molar-refractivity contribution < 1.29 is 9.53 Å². The third-order valence-electron chi connectivity index (χ3n) is 4.38. The third kappa shape index (κ3) is 4.85. The number of methoxy groups -OCH3 is 1. The van der Waals surface area contributed by atoms with Gasteiger partial charge in [0.05, 0.1) is 12.7 Å². The molecule has 0 aliphatic heterocycles. The summed E-state index contributed by atoms with van der Waals surface area (Å²) in [6.45, 7) is 3.18. The maximum Gasteiger partial charge on any atom is 0.253 e. The van der Waals surface area contributed by atoms with Crippen LogP contribution >= 0.6 is 0 Å². The average molecular weight is 361 g/mol. The highest BCUT2D eigenvalue weighted by molar-refractivity contribution is 5.94. The van der Waals surface area contributed by atoms with Gasteiger partial charge < -0.3 is 15.4 Å². The lowest BCUT2D eigenvalue weighted by atomic mass is 10.1. The highest BCUT2D eigenvalue weighted by Crippen LogP contribution is 2.17. The van der Waals surface area contributed by atoms with Gasteiger partial charge in [0.25, 0.3) is 5.91 Å². The van der Waals surface area contributed by atoms with Gasteiger partial charge in [0.2, 0.25) is 0 Å². The second-order valence-electron chi connectivity index (χ2n) is 6.21. The molecule has 0 unspecified atom stereocenters. The first kappa shape index (κ1) is 18.5. The molecule has 0 saturated carbocycles. The smallest absolute Gasteiger partial charge is 0.253 e. The number of benzene rings is 2. The van der Waals surface area contributed by atoms with Gasteiger partial charge in [-0.3, -0.25) is 4.79 Å². The normalized spacial score (nSPS) is 10.3. The predicted octanol–water partition coefficient (Wildman–Crippen LogP) is 3.94. The van der Waals surface area contributed by atoms with E-state index in [0.717, 1.165) is 17.1 Å². The molecule has 1 heterocycles. The molecule has 0 radical (unpaired) electrons. The number of aryl methyl sites for hydroxylation is 1. The Kier molecular flexibility index (Phi) is 6.05. The summed E-state index contributed by atoms with van der Waals surface area (Å²) in [5.41, 5.74) is 3.90. The topological polar surface area (TPSA) is 63.2 Å². The summed E-state index contributed by atoms with van der Waals surface area (Å²) in [7, 11) is 1.62. The van der Waals surface area contributed by atoms with Crippen molar-refractivity contribution in [3.63, 3.8) is 0 Å². The Morgan fingerprint density at radius 3 is 2.41 bits per heavy atom. The molecule has 2 aromatic carbocycles. The monoisotopic (exact) mass is 361 g/mol. The van der Waals surface area contributed by atoms with Gasteiger partial charge in [-0.15, -0.1) is 0 Å². The number of pyridine rings is 1.